The molecule has 2 N–H and O–H groups in total. The Kier molecular flexibility index (Phi) is 7.20. The molecule has 0 aliphatic rings. The highest BCUT2D eigenvalue weighted by atomic mass is 19.1. The average Bonchev–Trinajstić information content (AvgIpc) is 2.61. The van der Waals surface area contributed by atoms with Gasteiger partial charge < -0.3 is 20.1 Å². The normalized spacial score (nSPS) is 11.2. The first-order chi connectivity index (χ1) is 12.5. The molecule has 0 radical (unpaired) electrons. The maximum Gasteiger partial charge on any atom is 0.195 e. The molecule has 0 unspecified atom stereocenters. The van der Waals surface area contributed by atoms with E-state index < -0.39 is 11.6 Å². The first-order valence-corrected chi connectivity index (χ1v) is 8.29. The van der Waals surface area contributed by atoms with Crippen molar-refractivity contribution in [3.8, 4) is 11.5 Å². The number of anilines is 1. The number of ether oxygens (including phenoxy) is 2. The van der Waals surface area contributed by atoms with Gasteiger partial charge in [-0.3, -0.25) is 4.99 Å². The molecule has 0 bridgehead atoms. The lowest BCUT2D eigenvalue weighted by molar-refractivity contribution is 0.311. The van der Waals surface area contributed by atoms with Crippen LogP contribution in [0.3, 0.4) is 0 Å². The summed E-state index contributed by atoms with van der Waals surface area (Å²) in [5.74, 6) is 0.653. The van der Waals surface area contributed by atoms with E-state index in [1.165, 1.54) is 12.1 Å². The van der Waals surface area contributed by atoms with Gasteiger partial charge in [-0.25, -0.2) is 8.78 Å². The lowest BCUT2D eigenvalue weighted by Gasteiger charge is -2.14. The van der Waals surface area contributed by atoms with Crippen molar-refractivity contribution >= 4 is 11.6 Å². The smallest absolute Gasteiger partial charge is 0.195 e. The predicted octanol–water partition coefficient (Wildman–Crippen LogP) is 3.60. The molecule has 0 spiro atoms. The molecule has 5 nitrogen and oxygen atoms in total. The van der Waals surface area contributed by atoms with Gasteiger partial charge in [-0.2, -0.15) is 0 Å². The molecule has 0 fully saturated rings. The highest BCUT2D eigenvalue weighted by molar-refractivity contribution is 5.93. The summed E-state index contributed by atoms with van der Waals surface area (Å²) in [5.41, 5.74) is 1.35. The minimum atomic E-state index is -0.580. The van der Waals surface area contributed by atoms with E-state index in [0.29, 0.717) is 42.6 Å². The maximum absolute atomic E-state index is 13.2. The van der Waals surface area contributed by atoms with E-state index in [2.05, 4.69) is 15.6 Å². The molecule has 2 aromatic rings. The summed E-state index contributed by atoms with van der Waals surface area (Å²) in [4.78, 5) is 4.14. The molecule has 0 heterocycles. The monoisotopic (exact) mass is 363 g/mol. The number of hydrogen-bond donors (Lipinski definition) is 2. The number of halogens is 2. The third-order valence-corrected chi connectivity index (χ3v) is 3.58. The maximum atomic E-state index is 13.2. The molecular formula is C19H23F2N3O2. The number of rotatable bonds is 7. The van der Waals surface area contributed by atoms with Crippen LogP contribution in [0.4, 0.5) is 14.5 Å². The van der Waals surface area contributed by atoms with Crippen LogP contribution in [0.5, 0.6) is 11.5 Å². The van der Waals surface area contributed by atoms with Crippen molar-refractivity contribution in [2.24, 2.45) is 4.99 Å². The van der Waals surface area contributed by atoms with Gasteiger partial charge in [0.1, 0.15) is 11.6 Å². The van der Waals surface area contributed by atoms with Crippen LogP contribution in [0.1, 0.15) is 12.5 Å². The Labute approximate surface area is 152 Å². The number of methoxy groups -OCH3 is 1. The second-order valence-corrected chi connectivity index (χ2v) is 5.45. The molecular weight excluding hydrogens is 340 g/mol. The number of aliphatic imine (C=N–C) groups is 1. The fourth-order valence-corrected chi connectivity index (χ4v) is 2.42. The topological polar surface area (TPSA) is 54.9 Å². The van der Waals surface area contributed by atoms with Gasteiger partial charge in [-0.1, -0.05) is 0 Å². The zero-order valence-electron chi connectivity index (χ0n) is 15.1. The van der Waals surface area contributed by atoms with Crippen LogP contribution < -0.4 is 20.1 Å². The van der Waals surface area contributed by atoms with Crippen molar-refractivity contribution < 1.29 is 18.3 Å². The molecule has 0 aromatic heterocycles. The molecule has 0 saturated carbocycles. The Morgan fingerprint density at radius 1 is 1.08 bits per heavy atom. The van der Waals surface area contributed by atoms with Crippen molar-refractivity contribution in [2.75, 3.05) is 32.6 Å². The minimum Gasteiger partial charge on any atom is -0.493 e. The predicted molar refractivity (Wildman–Crippen MR) is 99.2 cm³/mol. The summed E-state index contributed by atoms with van der Waals surface area (Å²) in [6.45, 7) is 2.92. The molecule has 0 aliphatic heterocycles. The van der Waals surface area contributed by atoms with Crippen molar-refractivity contribution in [2.45, 2.75) is 13.3 Å². The van der Waals surface area contributed by atoms with Crippen LogP contribution >= 0.6 is 0 Å². The Hall–Kier alpha value is -2.83. The fourth-order valence-electron chi connectivity index (χ4n) is 2.42. The van der Waals surface area contributed by atoms with Crippen molar-refractivity contribution in [3.05, 3.63) is 53.6 Å². The number of benzene rings is 2. The first-order valence-electron chi connectivity index (χ1n) is 8.29. The summed E-state index contributed by atoms with van der Waals surface area (Å²) in [6, 6.07) is 8.96. The summed E-state index contributed by atoms with van der Waals surface area (Å²) in [5, 5.41) is 6.24. The quantitative estimate of drug-likeness (QED) is 0.583. The lowest BCUT2D eigenvalue weighted by atomic mass is 10.1. The van der Waals surface area contributed by atoms with Gasteiger partial charge in [0.25, 0.3) is 0 Å². The minimum absolute atomic E-state index is 0.460. The zero-order valence-corrected chi connectivity index (χ0v) is 15.1. The van der Waals surface area contributed by atoms with Gasteiger partial charge in [0.15, 0.2) is 17.5 Å². The molecule has 140 valence electrons. The molecule has 0 aliphatic carbocycles. The zero-order chi connectivity index (χ0) is 18.9. The van der Waals surface area contributed by atoms with E-state index in [4.69, 9.17) is 9.47 Å². The molecule has 0 atom stereocenters. The number of nitrogens with zero attached hydrogens (tertiary/aromatic N) is 1. The van der Waals surface area contributed by atoms with Gasteiger partial charge in [0, 0.05) is 31.4 Å². The largest absolute Gasteiger partial charge is 0.493 e. The van der Waals surface area contributed by atoms with Gasteiger partial charge in [0.05, 0.1) is 13.7 Å². The molecule has 2 rings (SSSR count). The summed E-state index contributed by atoms with van der Waals surface area (Å²) >= 11 is 0. The second kappa shape index (κ2) is 9.60. The Morgan fingerprint density at radius 2 is 1.81 bits per heavy atom. The van der Waals surface area contributed by atoms with E-state index in [9.17, 15) is 8.78 Å². The highest BCUT2D eigenvalue weighted by Gasteiger charge is 2.07. The molecule has 26 heavy (non-hydrogen) atoms. The van der Waals surface area contributed by atoms with E-state index in [1.54, 1.807) is 20.2 Å². The molecule has 0 amide bonds. The van der Waals surface area contributed by atoms with Gasteiger partial charge in [-0.15, -0.1) is 0 Å². The fraction of sp³-hybridized carbons (Fsp3) is 0.316. The number of nitrogens with one attached hydrogen (secondary N) is 2. The van der Waals surface area contributed by atoms with Crippen molar-refractivity contribution in [3.63, 3.8) is 0 Å². The van der Waals surface area contributed by atoms with Crippen LogP contribution in [0, 0.1) is 11.6 Å². The molecule has 0 saturated heterocycles. The van der Waals surface area contributed by atoms with Crippen molar-refractivity contribution in [1.82, 2.24) is 5.32 Å². The SMILES string of the molecule is CCOc1ccc(NC(=NC)NCCc2cc(F)cc(F)c2)cc1OC. The van der Waals surface area contributed by atoms with Gasteiger partial charge >= 0.3 is 0 Å². The molecule has 2 aromatic carbocycles. The summed E-state index contributed by atoms with van der Waals surface area (Å²) < 4.78 is 37.2. The van der Waals surface area contributed by atoms with Crippen LogP contribution in [-0.4, -0.2) is 33.3 Å². The Bertz CT molecular complexity index is 746. The highest BCUT2D eigenvalue weighted by Crippen LogP contribution is 2.30. The Balaban J connectivity index is 1.95. The Morgan fingerprint density at radius 3 is 2.42 bits per heavy atom. The lowest BCUT2D eigenvalue weighted by Crippen LogP contribution is -2.32. The van der Waals surface area contributed by atoms with E-state index >= 15 is 0 Å². The van der Waals surface area contributed by atoms with E-state index in [0.717, 1.165) is 11.8 Å². The third-order valence-electron chi connectivity index (χ3n) is 3.58. The van der Waals surface area contributed by atoms with E-state index in [1.807, 2.05) is 19.1 Å². The van der Waals surface area contributed by atoms with Crippen LogP contribution in [0.2, 0.25) is 0 Å². The number of hydrogen-bond acceptors (Lipinski definition) is 3. The van der Waals surface area contributed by atoms with E-state index in [-0.39, 0.29) is 0 Å². The van der Waals surface area contributed by atoms with Crippen LogP contribution in [-0.2, 0) is 6.42 Å². The average molecular weight is 363 g/mol. The standard InChI is InChI=1S/C19H23F2N3O2/c1-4-26-17-6-5-16(12-18(17)25-3)24-19(22-2)23-8-7-13-9-14(20)11-15(21)10-13/h5-6,9-12H,4,7-8H2,1-3H3,(H2,22,23,24). The second-order valence-electron chi connectivity index (χ2n) is 5.45. The van der Waals surface area contributed by atoms with Gasteiger partial charge in [-0.05, 0) is 43.2 Å². The summed E-state index contributed by atoms with van der Waals surface area (Å²) in [6.07, 6.45) is 0.460. The summed E-state index contributed by atoms with van der Waals surface area (Å²) in [7, 11) is 3.22. The van der Waals surface area contributed by atoms with Crippen molar-refractivity contribution in [1.29, 1.82) is 0 Å². The third kappa shape index (κ3) is 5.61. The van der Waals surface area contributed by atoms with Crippen LogP contribution in [0.15, 0.2) is 41.4 Å². The van der Waals surface area contributed by atoms with Gasteiger partial charge in [0.2, 0.25) is 0 Å². The number of guanidine groups is 1. The molecule has 7 heteroatoms. The van der Waals surface area contributed by atoms with Crippen LogP contribution in [0.25, 0.3) is 0 Å². The first kappa shape index (κ1) is 19.5.